The van der Waals surface area contributed by atoms with E-state index >= 15 is 0 Å². The van der Waals surface area contributed by atoms with Crippen molar-refractivity contribution in [3.05, 3.63) is 29.0 Å². The molecule has 0 aliphatic heterocycles. The van der Waals surface area contributed by atoms with Crippen LogP contribution in [0, 0.1) is 5.82 Å². The van der Waals surface area contributed by atoms with Crippen molar-refractivity contribution in [2.75, 3.05) is 0 Å². The molecule has 0 amide bonds. The van der Waals surface area contributed by atoms with E-state index in [0.29, 0.717) is 17.9 Å². The number of ether oxygens (including phenoxy) is 1. The molecule has 2 nitrogen and oxygen atoms in total. The number of benzene rings is 1. The Morgan fingerprint density at radius 3 is 2.71 bits per heavy atom. The normalized spacial score (nSPS) is 16.6. The summed E-state index contributed by atoms with van der Waals surface area (Å²) in [5, 5.41) is 0.333. The summed E-state index contributed by atoms with van der Waals surface area (Å²) in [5.74, 6) is -0.173. The molecular weight excluding hydrogens is 207 g/mol. The first-order valence-electron chi connectivity index (χ1n) is 4.28. The lowest BCUT2D eigenvalue weighted by Gasteiger charge is -2.25. The molecule has 14 heavy (non-hydrogen) atoms. The fourth-order valence-electron chi connectivity index (χ4n) is 1.28. The maximum absolute atomic E-state index is 13.2. The van der Waals surface area contributed by atoms with E-state index in [-0.39, 0.29) is 17.6 Å². The fraction of sp³-hybridized carbons (Fsp3) is 0.300. The van der Waals surface area contributed by atoms with E-state index < -0.39 is 5.82 Å². The van der Waals surface area contributed by atoms with Crippen molar-refractivity contribution in [1.29, 1.82) is 0 Å². The third-order valence-corrected chi connectivity index (χ3v) is 2.33. The molecule has 1 aliphatic rings. The number of ketones is 1. The Morgan fingerprint density at radius 1 is 1.43 bits per heavy atom. The summed E-state index contributed by atoms with van der Waals surface area (Å²) < 4.78 is 18.4. The molecule has 1 aromatic carbocycles. The van der Waals surface area contributed by atoms with Crippen LogP contribution in [0.2, 0.25) is 5.02 Å². The smallest absolute Gasteiger partial charge is 0.166 e. The van der Waals surface area contributed by atoms with E-state index in [1.807, 2.05) is 0 Å². The molecule has 1 saturated carbocycles. The highest BCUT2D eigenvalue weighted by Crippen LogP contribution is 2.26. The SMILES string of the molecule is O=C1CC(Oc2ccc(Cl)cc2F)C1. The van der Waals surface area contributed by atoms with Gasteiger partial charge in [-0.05, 0) is 18.2 Å². The van der Waals surface area contributed by atoms with Crippen LogP contribution in [0.3, 0.4) is 0 Å². The van der Waals surface area contributed by atoms with Crippen LogP contribution in [-0.4, -0.2) is 11.9 Å². The average molecular weight is 215 g/mol. The summed E-state index contributed by atoms with van der Waals surface area (Å²) >= 11 is 5.57. The first-order valence-corrected chi connectivity index (χ1v) is 4.66. The lowest BCUT2D eigenvalue weighted by atomic mass is 9.94. The summed E-state index contributed by atoms with van der Waals surface area (Å²) in [6.45, 7) is 0. The molecule has 0 radical (unpaired) electrons. The zero-order chi connectivity index (χ0) is 10.1. The topological polar surface area (TPSA) is 26.3 Å². The van der Waals surface area contributed by atoms with Crippen molar-refractivity contribution in [2.45, 2.75) is 18.9 Å². The third-order valence-electron chi connectivity index (χ3n) is 2.10. The van der Waals surface area contributed by atoms with Crippen LogP contribution < -0.4 is 4.74 Å². The highest BCUT2D eigenvalue weighted by molar-refractivity contribution is 6.30. The number of hydrogen-bond acceptors (Lipinski definition) is 2. The predicted octanol–water partition coefficient (Wildman–Crippen LogP) is 2.59. The van der Waals surface area contributed by atoms with Crippen LogP contribution in [0.1, 0.15) is 12.8 Å². The molecule has 0 atom stereocenters. The lowest BCUT2D eigenvalue weighted by Crippen LogP contribution is -2.33. The van der Waals surface area contributed by atoms with Crippen molar-refractivity contribution in [3.8, 4) is 5.75 Å². The Balaban J connectivity index is 2.06. The number of halogens is 2. The number of carbonyl (C=O) groups is 1. The molecule has 74 valence electrons. The van der Waals surface area contributed by atoms with Crippen LogP contribution in [-0.2, 0) is 4.79 Å². The van der Waals surface area contributed by atoms with Crippen LogP contribution >= 0.6 is 11.6 Å². The minimum Gasteiger partial charge on any atom is -0.486 e. The first kappa shape index (κ1) is 9.46. The van der Waals surface area contributed by atoms with Gasteiger partial charge < -0.3 is 4.74 Å². The molecule has 1 aromatic rings. The number of hydrogen-bond donors (Lipinski definition) is 0. The second-order valence-electron chi connectivity index (χ2n) is 3.26. The number of rotatable bonds is 2. The van der Waals surface area contributed by atoms with Gasteiger partial charge in [-0.25, -0.2) is 4.39 Å². The fourth-order valence-corrected chi connectivity index (χ4v) is 1.44. The first-order chi connectivity index (χ1) is 6.65. The van der Waals surface area contributed by atoms with Crippen LogP contribution in [0.25, 0.3) is 0 Å². The van der Waals surface area contributed by atoms with Crippen LogP contribution in [0.5, 0.6) is 5.75 Å². The zero-order valence-corrected chi connectivity index (χ0v) is 8.05. The Bertz CT molecular complexity index is 370. The molecule has 1 aliphatic carbocycles. The second kappa shape index (κ2) is 3.58. The predicted molar refractivity (Wildman–Crippen MR) is 50.1 cm³/mol. The Labute approximate surface area is 85.6 Å². The summed E-state index contributed by atoms with van der Waals surface area (Å²) in [5.41, 5.74) is 0. The molecule has 0 N–H and O–H groups in total. The Hall–Kier alpha value is -1.09. The molecule has 0 spiro atoms. The van der Waals surface area contributed by atoms with Gasteiger partial charge in [-0.2, -0.15) is 0 Å². The van der Waals surface area contributed by atoms with Crippen molar-refractivity contribution >= 4 is 17.4 Å². The van der Waals surface area contributed by atoms with E-state index in [2.05, 4.69) is 0 Å². The molecule has 0 bridgehead atoms. The lowest BCUT2D eigenvalue weighted by molar-refractivity contribution is -0.129. The van der Waals surface area contributed by atoms with Gasteiger partial charge in [0.2, 0.25) is 0 Å². The summed E-state index contributed by atoms with van der Waals surface area (Å²) in [6, 6.07) is 4.22. The van der Waals surface area contributed by atoms with Crippen molar-refractivity contribution in [1.82, 2.24) is 0 Å². The molecular formula is C10H8ClFO2. The van der Waals surface area contributed by atoms with Gasteiger partial charge in [-0.15, -0.1) is 0 Å². The van der Waals surface area contributed by atoms with E-state index in [4.69, 9.17) is 16.3 Å². The van der Waals surface area contributed by atoms with E-state index in [1.54, 1.807) is 6.07 Å². The monoisotopic (exact) mass is 214 g/mol. The molecule has 0 saturated heterocycles. The molecule has 0 aromatic heterocycles. The second-order valence-corrected chi connectivity index (χ2v) is 3.70. The largest absolute Gasteiger partial charge is 0.486 e. The van der Waals surface area contributed by atoms with Gasteiger partial charge in [-0.3, -0.25) is 4.79 Å². The third kappa shape index (κ3) is 1.87. The quantitative estimate of drug-likeness (QED) is 0.757. The minimum atomic E-state index is -0.489. The zero-order valence-electron chi connectivity index (χ0n) is 7.30. The Morgan fingerprint density at radius 2 is 2.14 bits per heavy atom. The molecule has 2 rings (SSSR count). The highest BCUT2D eigenvalue weighted by Gasteiger charge is 2.28. The van der Waals surface area contributed by atoms with Crippen LogP contribution in [0.15, 0.2) is 18.2 Å². The highest BCUT2D eigenvalue weighted by atomic mass is 35.5. The summed E-state index contributed by atoms with van der Waals surface area (Å²) in [6.07, 6.45) is 0.586. The standard InChI is InChI=1S/C10H8ClFO2/c11-6-1-2-10(9(12)3-6)14-8-4-7(13)5-8/h1-3,8H,4-5H2. The molecule has 1 fully saturated rings. The maximum atomic E-state index is 13.2. The maximum Gasteiger partial charge on any atom is 0.166 e. The summed E-state index contributed by atoms with van der Waals surface area (Å²) in [4.78, 5) is 10.6. The summed E-state index contributed by atoms with van der Waals surface area (Å²) in [7, 11) is 0. The van der Waals surface area contributed by atoms with Gasteiger partial charge in [0.25, 0.3) is 0 Å². The van der Waals surface area contributed by atoms with Crippen molar-refractivity contribution < 1.29 is 13.9 Å². The Kier molecular flexibility index (Phi) is 2.42. The number of carbonyl (C=O) groups excluding carboxylic acids is 1. The molecule has 0 heterocycles. The van der Waals surface area contributed by atoms with Crippen molar-refractivity contribution in [2.24, 2.45) is 0 Å². The van der Waals surface area contributed by atoms with E-state index in [0.717, 1.165) is 0 Å². The van der Waals surface area contributed by atoms with Gasteiger partial charge in [-0.1, -0.05) is 11.6 Å². The van der Waals surface area contributed by atoms with Gasteiger partial charge in [0, 0.05) is 17.9 Å². The van der Waals surface area contributed by atoms with Gasteiger partial charge >= 0.3 is 0 Å². The van der Waals surface area contributed by atoms with Crippen LogP contribution in [0.4, 0.5) is 4.39 Å². The van der Waals surface area contributed by atoms with Crippen molar-refractivity contribution in [3.63, 3.8) is 0 Å². The average Bonchev–Trinajstić information content (AvgIpc) is 2.06. The minimum absolute atomic E-state index is 0.157. The number of Topliss-reactive ketones (excluding diaryl/α,β-unsaturated/α-hetero) is 1. The van der Waals surface area contributed by atoms with Gasteiger partial charge in [0.15, 0.2) is 11.6 Å². The molecule has 4 heteroatoms. The molecule has 0 unspecified atom stereocenters. The van der Waals surface area contributed by atoms with E-state index in [9.17, 15) is 9.18 Å². The van der Waals surface area contributed by atoms with Gasteiger partial charge in [0.05, 0.1) is 0 Å². The van der Waals surface area contributed by atoms with Gasteiger partial charge in [0.1, 0.15) is 11.9 Å². The van der Waals surface area contributed by atoms with E-state index in [1.165, 1.54) is 12.1 Å².